The van der Waals surface area contributed by atoms with Crippen LogP contribution in [0, 0.1) is 0 Å². The Morgan fingerprint density at radius 1 is 0.743 bits per heavy atom. The largest absolute Gasteiger partial charge is 0.503 e. The molecule has 2 aromatic rings. The minimum atomic E-state index is -0.628. The zero-order chi connectivity index (χ0) is 24.9. The first kappa shape index (κ1) is 32.3. The van der Waals surface area contributed by atoms with E-state index in [1.54, 1.807) is 38.4 Å². The number of hydrogen-bond acceptors (Lipinski definition) is 7. The summed E-state index contributed by atoms with van der Waals surface area (Å²) in [7, 11) is 12.3. The fourth-order valence-corrected chi connectivity index (χ4v) is 3.20. The molecule has 0 saturated heterocycles. The van der Waals surface area contributed by atoms with Gasteiger partial charge in [-0.05, 0) is 52.5 Å². The third-order valence-corrected chi connectivity index (χ3v) is 5.31. The molecule has 0 saturated carbocycles. The van der Waals surface area contributed by atoms with Crippen LogP contribution >= 0.6 is 24.8 Å². The Morgan fingerprint density at radius 3 is 1.43 bits per heavy atom. The monoisotopic (exact) mass is 533 g/mol. The lowest BCUT2D eigenvalue weighted by Crippen LogP contribution is -2.36. The van der Waals surface area contributed by atoms with Gasteiger partial charge in [0.2, 0.25) is 0 Å². The zero-order valence-electron chi connectivity index (χ0n) is 21.3. The first-order chi connectivity index (χ1) is 15.5. The van der Waals surface area contributed by atoms with Crippen molar-refractivity contribution in [3.63, 3.8) is 0 Å². The van der Waals surface area contributed by atoms with Gasteiger partial charge in [0.05, 0.1) is 7.11 Å². The second-order valence-corrected chi connectivity index (χ2v) is 8.49. The van der Waals surface area contributed by atoms with E-state index < -0.39 is 23.3 Å². The number of nitrogens with zero attached hydrogens (tertiary/aromatic N) is 5. The second kappa shape index (κ2) is 14.0. The topological polar surface area (TPSA) is 102 Å². The molecule has 10 nitrogen and oxygen atoms in total. The fourth-order valence-electron chi connectivity index (χ4n) is 3.20. The third-order valence-electron chi connectivity index (χ3n) is 5.31. The lowest BCUT2D eigenvalue weighted by atomic mass is 10.2. The number of carbonyl (C=O) groups is 2. The fraction of sp³-hybridized carbons (Fsp3) is 0.478. The number of methoxy groups -OCH3 is 1. The molecule has 2 N–H and O–H groups in total. The summed E-state index contributed by atoms with van der Waals surface area (Å²) in [6.07, 6.45) is 0. The van der Waals surface area contributed by atoms with E-state index >= 15 is 0 Å². The van der Waals surface area contributed by atoms with E-state index in [0.29, 0.717) is 37.6 Å². The van der Waals surface area contributed by atoms with Gasteiger partial charge >= 0.3 is 0 Å². The van der Waals surface area contributed by atoms with Crippen LogP contribution in [0.25, 0.3) is 5.69 Å². The predicted molar refractivity (Wildman–Crippen MR) is 141 cm³/mol. The molecule has 198 valence electrons. The Bertz CT molecular complexity index is 926. The molecule has 35 heavy (non-hydrogen) atoms. The maximum Gasteiger partial charge on any atom is 0.274 e. The summed E-state index contributed by atoms with van der Waals surface area (Å²) in [5.74, 6) is -1.70. The van der Waals surface area contributed by atoms with Crippen molar-refractivity contribution in [1.29, 1.82) is 0 Å². The maximum atomic E-state index is 13.3. The number of rotatable bonds is 10. The molecular weight excluding hydrogens is 497 g/mol. The van der Waals surface area contributed by atoms with E-state index in [4.69, 9.17) is 4.74 Å². The summed E-state index contributed by atoms with van der Waals surface area (Å²) in [6.45, 7) is 2.01. The molecule has 0 aliphatic heterocycles. The van der Waals surface area contributed by atoms with Crippen molar-refractivity contribution < 1.29 is 24.5 Å². The molecule has 1 heterocycles. The number of carbonyl (C=O) groups excluding carboxylic acids is 2. The smallest absolute Gasteiger partial charge is 0.274 e. The van der Waals surface area contributed by atoms with Gasteiger partial charge in [-0.15, -0.1) is 24.8 Å². The summed E-state index contributed by atoms with van der Waals surface area (Å²) >= 11 is 0. The summed E-state index contributed by atoms with van der Waals surface area (Å²) in [4.78, 5) is 33.4. The number of halogens is 2. The van der Waals surface area contributed by atoms with Crippen molar-refractivity contribution in [3.05, 3.63) is 35.7 Å². The Hall–Kier alpha value is -2.66. The summed E-state index contributed by atoms with van der Waals surface area (Å²) in [5, 5.41) is 21.5. The SMILES string of the molecule is COc1ccc(-n2c(C(=O)N(C)CCN(C)C)c(O)c(O)c2C(=O)N(C)CCN(C)C)cc1.Cl.Cl. The molecule has 0 spiro atoms. The molecule has 12 heteroatoms. The number of likely N-dealkylation sites (N-methyl/N-ethyl adjacent to an activating group) is 4. The van der Waals surface area contributed by atoms with Gasteiger partial charge in [0, 0.05) is 46.0 Å². The Morgan fingerprint density at radius 2 is 1.11 bits per heavy atom. The van der Waals surface area contributed by atoms with Crippen LogP contribution in [0.3, 0.4) is 0 Å². The maximum absolute atomic E-state index is 13.3. The average molecular weight is 534 g/mol. The van der Waals surface area contributed by atoms with Gasteiger partial charge in [-0.1, -0.05) is 0 Å². The molecule has 0 atom stereocenters. The molecular formula is C23H37Cl2N5O5. The summed E-state index contributed by atoms with van der Waals surface area (Å²) in [6, 6.07) is 6.67. The molecule has 0 radical (unpaired) electrons. The van der Waals surface area contributed by atoms with E-state index in [1.807, 2.05) is 38.0 Å². The second-order valence-electron chi connectivity index (χ2n) is 8.49. The van der Waals surface area contributed by atoms with E-state index in [0.717, 1.165) is 0 Å². The predicted octanol–water partition coefficient (Wildman–Crippen LogP) is 2.01. The minimum absolute atomic E-state index is 0. The van der Waals surface area contributed by atoms with Gasteiger partial charge in [-0.2, -0.15) is 0 Å². The molecule has 2 rings (SSSR count). The normalized spacial score (nSPS) is 10.5. The van der Waals surface area contributed by atoms with Crippen LogP contribution in [-0.4, -0.2) is 122 Å². The number of benzene rings is 1. The van der Waals surface area contributed by atoms with Gasteiger partial charge in [-0.25, -0.2) is 0 Å². The summed E-state index contributed by atoms with van der Waals surface area (Å²) < 4.78 is 6.52. The highest BCUT2D eigenvalue weighted by Crippen LogP contribution is 2.39. The Kier molecular flexibility index (Phi) is 13.0. The molecule has 2 amide bonds. The van der Waals surface area contributed by atoms with E-state index in [-0.39, 0.29) is 36.2 Å². The first-order valence-corrected chi connectivity index (χ1v) is 10.6. The lowest BCUT2D eigenvalue weighted by Gasteiger charge is -2.23. The number of aromatic hydroxyl groups is 2. The van der Waals surface area contributed by atoms with Crippen molar-refractivity contribution in [2.75, 3.05) is 75.6 Å². The molecule has 0 aliphatic carbocycles. The van der Waals surface area contributed by atoms with Crippen molar-refractivity contribution in [2.24, 2.45) is 0 Å². The molecule has 1 aromatic heterocycles. The van der Waals surface area contributed by atoms with E-state index in [9.17, 15) is 19.8 Å². The Balaban J connectivity index is 0.00000578. The quantitative estimate of drug-likeness (QED) is 0.481. The average Bonchev–Trinajstić information content (AvgIpc) is 3.05. The third kappa shape index (κ3) is 7.66. The number of amides is 2. The number of ether oxygens (including phenoxy) is 1. The first-order valence-electron chi connectivity index (χ1n) is 10.6. The summed E-state index contributed by atoms with van der Waals surface area (Å²) in [5.41, 5.74) is 0.0756. The zero-order valence-corrected chi connectivity index (χ0v) is 22.9. The standard InChI is InChI=1S/C23H35N5O5.2ClH/c1-24(2)12-14-26(5)22(31)18-20(29)21(30)19(23(32)27(6)15-13-25(3)4)28(18)16-8-10-17(33-7)11-9-16;;/h8-11,29-30H,12-15H2,1-7H3;2*1H. The number of hydrogen-bond donors (Lipinski definition) is 2. The molecule has 1 aromatic carbocycles. The van der Waals surface area contributed by atoms with Gasteiger partial charge in [-0.3, -0.25) is 14.2 Å². The molecule has 0 bridgehead atoms. The molecule has 0 fully saturated rings. The van der Waals surface area contributed by atoms with Crippen LogP contribution in [0.2, 0.25) is 0 Å². The van der Waals surface area contributed by atoms with Crippen molar-refractivity contribution in [1.82, 2.24) is 24.2 Å². The Labute approximate surface area is 219 Å². The van der Waals surface area contributed by atoms with Crippen LogP contribution in [0.5, 0.6) is 17.2 Å². The van der Waals surface area contributed by atoms with Crippen LogP contribution in [0.15, 0.2) is 24.3 Å². The minimum Gasteiger partial charge on any atom is -0.503 e. The van der Waals surface area contributed by atoms with Crippen LogP contribution < -0.4 is 4.74 Å². The number of aromatic nitrogens is 1. The van der Waals surface area contributed by atoms with E-state index in [2.05, 4.69) is 0 Å². The van der Waals surface area contributed by atoms with Crippen molar-refractivity contribution in [2.45, 2.75) is 0 Å². The van der Waals surface area contributed by atoms with Crippen molar-refractivity contribution >= 4 is 36.6 Å². The highest BCUT2D eigenvalue weighted by molar-refractivity contribution is 6.04. The lowest BCUT2D eigenvalue weighted by molar-refractivity contribution is 0.0770. The highest BCUT2D eigenvalue weighted by Gasteiger charge is 2.34. The van der Waals surface area contributed by atoms with Crippen LogP contribution in [0.4, 0.5) is 0 Å². The van der Waals surface area contributed by atoms with Gasteiger partial charge in [0.25, 0.3) is 11.8 Å². The molecule has 0 aliphatic rings. The molecule has 0 unspecified atom stereocenters. The van der Waals surface area contributed by atoms with Gasteiger partial charge < -0.3 is 34.5 Å². The van der Waals surface area contributed by atoms with Crippen molar-refractivity contribution in [3.8, 4) is 22.9 Å². The van der Waals surface area contributed by atoms with Gasteiger partial charge in [0.15, 0.2) is 22.9 Å². The highest BCUT2D eigenvalue weighted by atomic mass is 35.5. The van der Waals surface area contributed by atoms with Crippen LogP contribution in [-0.2, 0) is 0 Å². The van der Waals surface area contributed by atoms with Crippen LogP contribution in [0.1, 0.15) is 21.0 Å². The van der Waals surface area contributed by atoms with E-state index in [1.165, 1.54) is 21.5 Å². The van der Waals surface area contributed by atoms with Gasteiger partial charge in [0.1, 0.15) is 5.75 Å².